The Labute approximate surface area is 146 Å². The zero-order valence-electron chi connectivity index (χ0n) is 14.3. The third kappa shape index (κ3) is 3.88. The lowest BCUT2D eigenvalue weighted by Gasteiger charge is -2.23. The van der Waals surface area contributed by atoms with Gasteiger partial charge in [-0.3, -0.25) is 9.48 Å². The number of carbonyl (C=O) groups is 1. The minimum atomic E-state index is -0.334. The number of carbonyl (C=O) groups excluding carboxylic acids is 1. The molecule has 0 saturated carbocycles. The molecule has 2 aromatic rings. The van der Waals surface area contributed by atoms with Gasteiger partial charge in [-0.2, -0.15) is 5.10 Å². The maximum Gasteiger partial charge on any atom is 0.272 e. The van der Waals surface area contributed by atoms with E-state index in [4.69, 9.17) is 5.11 Å². The normalized spacial score (nSPS) is 16.5. The van der Waals surface area contributed by atoms with Crippen molar-refractivity contribution >= 4 is 5.91 Å². The molecule has 6 nitrogen and oxygen atoms in total. The monoisotopic (exact) mass is 346 g/mol. The van der Waals surface area contributed by atoms with Gasteiger partial charge in [0, 0.05) is 43.0 Å². The average molecular weight is 346 g/mol. The number of nitrogens with zero attached hydrogens (tertiary/aromatic N) is 2. The van der Waals surface area contributed by atoms with Crippen molar-refractivity contribution < 1.29 is 14.3 Å². The third-order valence-corrected chi connectivity index (χ3v) is 4.61. The molecule has 0 saturated heterocycles. The van der Waals surface area contributed by atoms with Gasteiger partial charge >= 0.3 is 0 Å². The highest BCUT2D eigenvalue weighted by Gasteiger charge is 2.28. The molecule has 25 heavy (non-hydrogen) atoms. The fraction of sp³-hybridized carbons (Fsp3) is 0.444. The molecule has 0 fully saturated rings. The van der Waals surface area contributed by atoms with Gasteiger partial charge in [0.1, 0.15) is 5.82 Å². The van der Waals surface area contributed by atoms with Crippen LogP contribution in [0.3, 0.4) is 0 Å². The summed E-state index contributed by atoms with van der Waals surface area (Å²) in [5, 5.41) is 19.4. The molecule has 1 aliphatic carbocycles. The first-order valence-electron chi connectivity index (χ1n) is 8.50. The molecule has 1 unspecified atom stereocenters. The predicted octanol–water partition coefficient (Wildman–Crippen LogP) is 0.928. The topological polar surface area (TPSA) is 79.2 Å². The summed E-state index contributed by atoms with van der Waals surface area (Å²) >= 11 is 0. The molecule has 0 radical (unpaired) electrons. The van der Waals surface area contributed by atoms with E-state index in [1.807, 2.05) is 7.05 Å². The van der Waals surface area contributed by atoms with E-state index in [-0.39, 0.29) is 30.9 Å². The van der Waals surface area contributed by atoms with Crippen LogP contribution in [0.1, 0.15) is 33.7 Å². The van der Waals surface area contributed by atoms with Crippen molar-refractivity contribution in [2.45, 2.75) is 31.8 Å². The standard InChI is InChI=1S/C18H23FN4O2/c1-23-16-7-6-13(20-8-9-24)10-14(16)17(22-23)18(25)21-11-12-4-2-3-5-15(12)19/h2-5,13,20,24H,6-11H2,1H3,(H,21,25). The lowest BCUT2D eigenvalue weighted by molar-refractivity contribution is 0.0943. The van der Waals surface area contributed by atoms with Crippen LogP contribution in [0, 0.1) is 5.82 Å². The quantitative estimate of drug-likeness (QED) is 0.727. The Kier molecular flexibility index (Phi) is 5.45. The van der Waals surface area contributed by atoms with Gasteiger partial charge in [0.25, 0.3) is 5.91 Å². The van der Waals surface area contributed by atoms with Crippen molar-refractivity contribution in [2.75, 3.05) is 13.2 Å². The fourth-order valence-corrected chi connectivity index (χ4v) is 3.32. The Morgan fingerprint density at radius 3 is 3.00 bits per heavy atom. The van der Waals surface area contributed by atoms with Gasteiger partial charge < -0.3 is 15.7 Å². The summed E-state index contributed by atoms with van der Waals surface area (Å²) in [4.78, 5) is 12.6. The van der Waals surface area contributed by atoms with Gasteiger partial charge in [-0.15, -0.1) is 0 Å². The number of amides is 1. The summed E-state index contributed by atoms with van der Waals surface area (Å²) in [6.07, 6.45) is 2.48. The first-order valence-corrected chi connectivity index (χ1v) is 8.50. The molecule has 1 aliphatic rings. The SMILES string of the molecule is Cn1nc(C(=O)NCc2ccccc2F)c2c1CCC(NCCO)C2. The van der Waals surface area contributed by atoms with Gasteiger partial charge in [-0.1, -0.05) is 18.2 Å². The highest BCUT2D eigenvalue weighted by atomic mass is 19.1. The highest BCUT2D eigenvalue weighted by molar-refractivity contribution is 5.94. The van der Waals surface area contributed by atoms with Gasteiger partial charge in [0.05, 0.1) is 6.61 Å². The molecule has 0 aliphatic heterocycles. The zero-order chi connectivity index (χ0) is 17.8. The van der Waals surface area contributed by atoms with Gasteiger partial charge in [0.15, 0.2) is 5.69 Å². The minimum absolute atomic E-state index is 0.0897. The number of nitrogens with one attached hydrogen (secondary N) is 2. The Morgan fingerprint density at radius 1 is 1.44 bits per heavy atom. The van der Waals surface area contributed by atoms with Gasteiger partial charge in [0.2, 0.25) is 0 Å². The third-order valence-electron chi connectivity index (χ3n) is 4.61. The Morgan fingerprint density at radius 2 is 2.24 bits per heavy atom. The summed E-state index contributed by atoms with van der Waals surface area (Å²) in [7, 11) is 1.84. The second-order valence-corrected chi connectivity index (χ2v) is 6.29. The summed E-state index contributed by atoms with van der Waals surface area (Å²) in [5.41, 5.74) is 2.86. The minimum Gasteiger partial charge on any atom is -0.395 e. The number of rotatable bonds is 6. The summed E-state index contributed by atoms with van der Waals surface area (Å²) in [5.74, 6) is -0.623. The van der Waals surface area contributed by atoms with Gasteiger partial charge in [-0.25, -0.2) is 4.39 Å². The van der Waals surface area contributed by atoms with Crippen LogP contribution in [-0.4, -0.2) is 40.0 Å². The zero-order valence-corrected chi connectivity index (χ0v) is 14.3. The van der Waals surface area contributed by atoms with E-state index in [2.05, 4.69) is 15.7 Å². The first-order chi connectivity index (χ1) is 12.1. The number of hydrogen-bond donors (Lipinski definition) is 3. The van der Waals surface area contributed by atoms with Crippen LogP contribution in [0.25, 0.3) is 0 Å². The van der Waals surface area contributed by atoms with Crippen LogP contribution in [0.2, 0.25) is 0 Å². The number of fused-ring (bicyclic) bond motifs is 1. The van der Waals surface area contributed by atoms with E-state index in [0.29, 0.717) is 24.2 Å². The molecule has 1 heterocycles. The van der Waals surface area contributed by atoms with E-state index in [1.165, 1.54) is 6.07 Å². The second-order valence-electron chi connectivity index (χ2n) is 6.29. The lowest BCUT2D eigenvalue weighted by atomic mass is 9.91. The number of aliphatic hydroxyl groups excluding tert-OH is 1. The van der Waals surface area contributed by atoms with Crippen LogP contribution in [0.4, 0.5) is 4.39 Å². The Balaban J connectivity index is 1.72. The molecule has 1 amide bonds. The molecule has 134 valence electrons. The molecular weight excluding hydrogens is 323 g/mol. The number of benzene rings is 1. The summed E-state index contributed by atoms with van der Waals surface area (Å²) in [6, 6.07) is 6.61. The van der Waals surface area contributed by atoms with Crippen LogP contribution in [0.5, 0.6) is 0 Å². The fourth-order valence-electron chi connectivity index (χ4n) is 3.32. The maximum atomic E-state index is 13.7. The second kappa shape index (κ2) is 7.76. The van der Waals surface area contributed by atoms with Crippen molar-refractivity contribution in [1.29, 1.82) is 0 Å². The number of hydrogen-bond acceptors (Lipinski definition) is 4. The summed E-state index contributed by atoms with van der Waals surface area (Å²) in [6.45, 7) is 0.754. The molecule has 0 bridgehead atoms. The number of aryl methyl sites for hydroxylation is 1. The maximum absolute atomic E-state index is 13.7. The molecular formula is C18H23FN4O2. The van der Waals surface area contributed by atoms with Crippen molar-refractivity contribution in [3.63, 3.8) is 0 Å². The molecule has 1 atom stereocenters. The van der Waals surface area contributed by atoms with Crippen molar-refractivity contribution in [3.05, 3.63) is 52.6 Å². The number of aliphatic hydroxyl groups is 1. The Bertz CT molecular complexity index is 760. The van der Waals surface area contributed by atoms with E-state index >= 15 is 0 Å². The lowest BCUT2D eigenvalue weighted by Crippen LogP contribution is -2.37. The van der Waals surface area contributed by atoms with E-state index in [1.54, 1.807) is 22.9 Å². The van der Waals surface area contributed by atoms with Gasteiger partial charge in [-0.05, 0) is 25.3 Å². The van der Waals surface area contributed by atoms with Crippen LogP contribution in [0.15, 0.2) is 24.3 Å². The average Bonchev–Trinajstić information content (AvgIpc) is 2.95. The van der Waals surface area contributed by atoms with Crippen molar-refractivity contribution in [3.8, 4) is 0 Å². The van der Waals surface area contributed by atoms with E-state index in [0.717, 1.165) is 24.1 Å². The highest BCUT2D eigenvalue weighted by Crippen LogP contribution is 2.24. The molecule has 1 aromatic heterocycles. The number of halogens is 1. The largest absolute Gasteiger partial charge is 0.395 e. The smallest absolute Gasteiger partial charge is 0.272 e. The molecule has 3 rings (SSSR count). The van der Waals surface area contributed by atoms with Crippen LogP contribution in [-0.2, 0) is 26.4 Å². The van der Waals surface area contributed by atoms with E-state index < -0.39 is 0 Å². The van der Waals surface area contributed by atoms with Crippen molar-refractivity contribution in [2.24, 2.45) is 7.05 Å². The summed E-state index contributed by atoms with van der Waals surface area (Å²) < 4.78 is 15.4. The molecule has 7 heteroatoms. The molecule has 1 aromatic carbocycles. The first kappa shape index (κ1) is 17.6. The van der Waals surface area contributed by atoms with E-state index in [9.17, 15) is 9.18 Å². The predicted molar refractivity (Wildman–Crippen MR) is 91.7 cm³/mol. The van der Waals surface area contributed by atoms with Crippen molar-refractivity contribution in [1.82, 2.24) is 20.4 Å². The number of aromatic nitrogens is 2. The molecule has 0 spiro atoms. The van der Waals surface area contributed by atoms with Crippen LogP contribution < -0.4 is 10.6 Å². The Hall–Kier alpha value is -2.25. The molecule has 3 N–H and O–H groups in total. The van der Waals surface area contributed by atoms with Crippen LogP contribution >= 0.6 is 0 Å².